The Labute approximate surface area is 213 Å². The molecule has 37 heavy (non-hydrogen) atoms. The number of benzene rings is 3. The maximum Gasteiger partial charge on any atom is 0.337 e. The van der Waals surface area contributed by atoms with Crippen molar-refractivity contribution in [3.8, 4) is 17.2 Å². The predicted octanol–water partition coefficient (Wildman–Crippen LogP) is 4.17. The van der Waals surface area contributed by atoms with E-state index in [2.05, 4.69) is 15.4 Å². The summed E-state index contributed by atoms with van der Waals surface area (Å²) in [5.74, 6) is -0.407. The number of anilines is 2. The SMILES string of the molecule is COC(=O)c1ccc(NC(=O)COC(=O)CCC(=O)Nc2ccc(Oc3ccccc3OC)cc2)cc1. The minimum absolute atomic E-state index is 0.116. The molecular weight excluding hydrogens is 480 g/mol. The van der Waals surface area contributed by atoms with Crippen molar-refractivity contribution < 1.29 is 38.1 Å². The fourth-order valence-corrected chi connectivity index (χ4v) is 3.10. The number of carbonyl (C=O) groups is 4. The van der Waals surface area contributed by atoms with Crippen molar-refractivity contribution in [2.75, 3.05) is 31.5 Å². The molecule has 0 radical (unpaired) electrons. The van der Waals surface area contributed by atoms with Gasteiger partial charge in [-0.1, -0.05) is 12.1 Å². The minimum atomic E-state index is -0.688. The Morgan fingerprint density at radius 2 is 1.30 bits per heavy atom. The molecule has 2 N–H and O–H groups in total. The topological polar surface area (TPSA) is 129 Å². The van der Waals surface area contributed by atoms with E-state index in [1.54, 1.807) is 43.5 Å². The quantitative estimate of drug-likeness (QED) is 0.371. The fraction of sp³-hybridized carbons (Fsp3) is 0.185. The van der Waals surface area contributed by atoms with E-state index in [0.29, 0.717) is 34.2 Å². The molecule has 0 bridgehead atoms. The third-order valence-corrected chi connectivity index (χ3v) is 4.95. The molecule has 0 spiro atoms. The third-order valence-electron chi connectivity index (χ3n) is 4.95. The normalized spacial score (nSPS) is 10.1. The summed E-state index contributed by atoms with van der Waals surface area (Å²) < 4.78 is 20.6. The second-order valence-electron chi connectivity index (χ2n) is 7.60. The van der Waals surface area contributed by atoms with Gasteiger partial charge in [0, 0.05) is 17.8 Å². The number of hydrogen-bond acceptors (Lipinski definition) is 8. The number of carbonyl (C=O) groups excluding carboxylic acids is 4. The molecule has 0 saturated heterocycles. The highest BCUT2D eigenvalue weighted by Gasteiger charge is 2.12. The van der Waals surface area contributed by atoms with Crippen LogP contribution in [0.5, 0.6) is 17.2 Å². The van der Waals surface area contributed by atoms with Crippen LogP contribution in [0.4, 0.5) is 11.4 Å². The molecule has 0 saturated carbocycles. The van der Waals surface area contributed by atoms with E-state index in [1.165, 1.54) is 31.4 Å². The average molecular weight is 507 g/mol. The van der Waals surface area contributed by atoms with E-state index < -0.39 is 24.5 Å². The summed E-state index contributed by atoms with van der Waals surface area (Å²) in [4.78, 5) is 47.5. The molecule has 0 aliphatic carbocycles. The first-order valence-corrected chi connectivity index (χ1v) is 11.2. The second-order valence-corrected chi connectivity index (χ2v) is 7.60. The lowest BCUT2D eigenvalue weighted by Crippen LogP contribution is -2.21. The zero-order valence-corrected chi connectivity index (χ0v) is 20.3. The minimum Gasteiger partial charge on any atom is -0.493 e. The molecule has 0 aliphatic heterocycles. The lowest BCUT2D eigenvalue weighted by Gasteiger charge is -2.11. The summed E-state index contributed by atoms with van der Waals surface area (Å²) in [6.07, 6.45) is -0.309. The number of ether oxygens (including phenoxy) is 4. The van der Waals surface area contributed by atoms with Gasteiger partial charge in [-0.15, -0.1) is 0 Å². The van der Waals surface area contributed by atoms with E-state index in [-0.39, 0.29) is 18.7 Å². The molecule has 0 aromatic heterocycles. The molecule has 3 rings (SSSR count). The summed E-state index contributed by atoms with van der Waals surface area (Å²) in [6.45, 7) is -0.507. The van der Waals surface area contributed by atoms with Gasteiger partial charge in [-0.05, 0) is 60.7 Å². The van der Waals surface area contributed by atoms with Gasteiger partial charge in [0.05, 0.1) is 26.2 Å². The average Bonchev–Trinajstić information content (AvgIpc) is 2.92. The van der Waals surface area contributed by atoms with Crippen LogP contribution in [0, 0.1) is 0 Å². The fourth-order valence-electron chi connectivity index (χ4n) is 3.10. The number of esters is 2. The van der Waals surface area contributed by atoms with Crippen LogP contribution in [0.25, 0.3) is 0 Å². The first kappa shape index (κ1) is 26.7. The van der Waals surface area contributed by atoms with Crippen molar-refractivity contribution >= 4 is 35.1 Å². The number of amides is 2. The molecule has 0 fully saturated rings. The van der Waals surface area contributed by atoms with Crippen molar-refractivity contribution in [1.29, 1.82) is 0 Å². The first-order chi connectivity index (χ1) is 17.9. The Morgan fingerprint density at radius 3 is 1.92 bits per heavy atom. The van der Waals surface area contributed by atoms with E-state index in [9.17, 15) is 19.2 Å². The molecule has 10 heteroatoms. The zero-order valence-electron chi connectivity index (χ0n) is 20.3. The van der Waals surface area contributed by atoms with Gasteiger partial charge in [-0.3, -0.25) is 14.4 Å². The van der Waals surface area contributed by atoms with E-state index in [4.69, 9.17) is 14.2 Å². The van der Waals surface area contributed by atoms with Crippen LogP contribution < -0.4 is 20.1 Å². The maximum atomic E-state index is 12.2. The smallest absolute Gasteiger partial charge is 0.337 e. The first-order valence-electron chi connectivity index (χ1n) is 11.2. The summed E-state index contributed by atoms with van der Waals surface area (Å²) in [6, 6.07) is 20.0. The van der Waals surface area contributed by atoms with Crippen molar-refractivity contribution in [1.82, 2.24) is 0 Å². The van der Waals surface area contributed by atoms with Gasteiger partial charge in [0.2, 0.25) is 5.91 Å². The maximum absolute atomic E-state index is 12.2. The van der Waals surface area contributed by atoms with Crippen molar-refractivity contribution in [2.45, 2.75) is 12.8 Å². The van der Waals surface area contributed by atoms with Gasteiger partial charge in [0.1, 0.15) is 5.75 Å². The van der Waals surface area contributed by atoms with Crippen LogP contribution in [-0.2, 0) is 23.9 Å². The van der Waals surface area contributed by atoms with Crippen molar-refractivity contribution in [2.24, 2.45) is 0 Å². The zero-order chi connectivity index (χ0) is 26.6. The summed E-state index contributed by atoms with van der Waals surface area (Å²) in [7, 11) is 2.83. The Balaban J connectivity index is 1.37. The van der Waals surface area contributed by atoms with Gasteiger partial charge < -0.3 is 29.6 Å². The van der Waals surface area contributed by atoms with Crippen LogP contribution >= 0.6 is 0 Å². The van der Waals surface area contributed by atoms with E-state index in [0.717, 1.165) is 0 Å². The van der Waals surface area contributed by atoms with Crippen LogP contribution in [0.2, 0.25) is 0 Å². The van der Waals surface area contributed by atoms with Gasteiger partial charge in [0.25, 0.3) is 5.91 Å². The third kappa shape index (κ3) is 8.39. The van der Waals surface area contributed by atoms with Crippen molar-refractivity contribution in [3.05, 3.63) is 78.4 Å². The van der Waals surface area contributed by atoms with Crippen LogP contribution in [0.15, 0.2) is 72.8 Å². The molecule has 0 unspecified atom stereocenters. The molecule has 3 aromatic rings. The number of rotatable bonds is 11. The predicted molar refractivity (Wildman–Crippen MR) is 135 cm³/mol. The van der Waals surface area contributed by atoms with Gasteiger partial charge >= 0.3 is 11.9 Å². The van der Waals surface area contributed by atoms with Crippen LogP contribution in [0.1, 0.15) is 23.2 Å². The Hall–Kier alpha value is -4.86. The van der Waals surface area contributed by atoms with Crippen LogP contribution in [-0.4, -0.2) is 44.6 Å². The van der Waals surface area contributed by atoms with Gasteiger partial charge in [-0.25, -0.2) is 4.79 Å². The number of hydrogen-bond donors (Lipinski definition) is 2. The van der Waals surface area contributed by atoms with Gasteiger partial charge in [0.15, 0.2) is 18.1 Å². The number of nitrogens with one attached hydrogen (secondary N) is 2. The molecular formula is C27H26N2O8. The molecule has 192 valence electrons. The second kappa shape index (κ2) is 13.3. The summed E-state index contributed by atoms with van der Waals surface area (Å²) in [5, 5.41) is 5.23. The van der Waals surface area contributed by atoms with Crippen molar-refractivity contribution in [3.63, 3.8) is 0 Å². The largest absolute Gasteiger partial charge is 0.493 e. The highest BCUT2D eigenvalue weighted by Crippen LogP contribution is 2.31. The lowest BCUT2D eigenvalue weighted by molar-refractivity contribution is -0.147. The molecule has 10 nitrogen and oxygen atoms in total. The Morgan fingerprint density at radius 1 is 0.703 bits per heavy atom. The number of methoxy groups -OCH3 is 2. The Kier molecular flexibility index (Phi) is 9.60. The lowest BCUT2D eigenvalue weighted by atomic mass is 10.2. The van der Waals surface area contributed by atoms with Crippen LogP contribution in [0.3, 0.4) is 0 Å². The highest BCUT2D eigenvalue weighted by molar-refractivity contribution is 5.95. The molecule has 0 atom stereocenters. The number of para-hydroxylation sites is 2. The summed E-state index contributed by atoms with van der Waals surface area (Å²) in [5.41, 5.74) is 1.29. The van der Waals surface area contributed by atoms with Gasteiger partial charge in [-0.2, -0.15) is 0 Å². The van der Waals surface area contributed by atoms with E-state index >= 15 is 0 Å². The monoisotopic (exact) mass is 506 g/mol. The highest BCUT2D eigenvalue weighted by atomic mass is 16.5. The summed E-state index contributed by atoms with van der Waals surface area (Å²) >= 11 is 0. The van der Waals surface area contributed by atoms with E-state index in [1.807, 2.05) is 12.1 Å². The standard InChI is InChI=1S/C27H26N2O8/c1-34-22-5-3-4-6-23(22)37-21-13-11-20(12-14-21)28-24(30)15-16-26(32)36-17-25(31)29-19-9-7-18(8-10-19)27(33)35-2/h3-14H,15-17H2,1-2H3,(H,28,30)(H,29,31). The Bertz CT molecular complexity index is 1240. The molecule has 0 aliphatic rings. The molecule has 0 heterocycles. The molecule has 3 aromatic carbocycles. The molecule has 2 amide bonds.